The van der Waals surface area contributed by atoms with E-state index in [1.807, 2.05) is 40.7 Å². The van der Waals surface area contributed by atoms with Crippen LogP contribution in [0.3, 0.4) is 0 Å². The van der Waals surface area contributed by atoms with E-state index < -0.39 is 79.4 Å². The molecule has 71 heavy (non-hydrogen) atoms. The average molecular weight is 1030 g/mol. The first kappa shape index (κ1) is 53.2. The average Bonchev–Trinajstić information content (AvgIpc) is 4.14. The largest absolute Gasteiger partial charge is 0.514 e. The number of non-ortho nitro benzene ring substituents is 1. The lowest BCUT2D eigenvalue weighted by Gasteiger charge is -2.35. The summed E-state index contributed by atoms with van der Waals surface area (Å²) in [5.41, 5.74) is -2.38. The molecule has 0 spiro atoms. The summed E-state index contributed by atoms with van der Waals surface area (Å²) in [7, 11) is -4.41. The van der Waals surface area contributed by atoms with Gasteiger partial charge in [-0.1, -0.05) is 51.8 Å². The molecule has 19 nitrogen and oxygen atoms in total. The molecule has 21 heteroatoms. The number of ketones is 1. The zero-order chi connectivity index (χ0) is 51.5. The number of nitro benzene ring substituents is 1. The van der Waals surface area contributed by atoms with Crippen molar-refractivity contribution in [2.45, 2.75) is 155 Å². The van der Waals surface area contributed by atoms with Crippen molar-refractivity contribution in [3.63, 3.8) is 0 Å². The van der Waals surface area contributed by atoms with Crippen molar-refractivity contribution in [3.8, 4) is 17.4 Å². The van der Waals surface area contributed by atoms with E-state index in [0.29, 0.717) is 59.8 Å². The van der Waals surface area contributed by atoms with E-state index in [-0.39, 0.29) is 55.4 Å². The molecule has 4 aliphatic carbocycles. The van der Waals surface area contributed by atoms with Gasteiger partial charge in [-0.3, -0.25) is 29.3 Å². The Labute approximate surface area is 418 Å². The van der Waals surface area contributed by atoms with E-state index in [1.54, 1.807) is 25.1 Å². The lowest BCUT2D eigenvalue weighted by atomic mass is 9.77. The number of esters is 1. The molecule has 1 aliphatic heterocycles. The summed E-state index contributed by atoms with van der Waals surface area (Å²) in [4.78, 5) is 83.1. The fourth-order valence-electron chi connectivity index (χ4n) is 9.00. The number of carbonyl (C=O) groups is 5. The number of benzene rings is 2. The first-order valence-electron chi connectivity index (χ1n) is 24.3. The van der Waals surface area contributed by atoms with Gasteiger partial charge in [-0.15, -0.1) is 0 Å². The molecule has 2 amide bonds. The molecular formula is C50H63ClN4O15S. The van der Waals surface area contributed by atoms with Crippen LogP contribution in [0.2, 0.25) is 5.02 Å². The fraction of sp³-hybridized carbons (Fsp3) is 0.600. The summed E-state index contributed by atoms with van der Waals surface area (Å²) in [6.07, 6.45) is 5.39. The van der Waals surface area contributed by atoms with E-state index in [4.69, 9.17) is 39.5 Å². The van der Waals surface area contributed by atoms with Gasteiger partial charge in [-0.25, -0.2) is 18.7 Å². The number of likely N-dealkylation sites (tertiary alicyclic amines) is 1. The van der Waals surface area contributed by atoms with Crippen molar-refractivity contribution >= 4 is 68.2 Å². The van der Waals surface area contributed by atoms with Crippen LogP contribution in [0.25, 0.3) is 10.9 Å². The van der Waals surface area contributed by atoms with Crippen molar-refractivity contribution in [3.05, 3.63) is 63.7 Å². The smallest absolute Gasteiger partial charge is 0.488 e. The molecule has 5 atom stereocenters. The number of hydrogen-bond donors (Lipinski definition) is 1. The molecule has 3 aromatic rings. The zero-order valence-corrected chi connectivity index (χ0v) is 42.5. The summed E-state index contributed by atoms with van der Waals surface area (Å²) >= 11 is 6.51. The van der Waals surface area contributed by atoms with Crippen molar-refractivity contribution < 1.29 is 65.2 Å². The van der Waals surface area contributed by atoms with Crippen molar-refractivity contribution in [2.24, 2.45) is 22.7 Å². The molecule has 1 N–H and O–H groups in total. The minimum Gasteiger partial charge on any atom is -0.488 e. The van der Waals surface area contributed by atoms with Crippen LogP contribution in [-0.4, -0.2) is 96.1 Å². The fourth-order valence-corrected chi connectivity index (χ4v) is 10.4. The highest BCUT2D eigenvalue weighted by atomic mass is 35.5. The van der Waals surface area contributed by atoms with Crippen LogP contribution in [0.5, 0.6) is 17.4 Å². The summed E-state index contributed by atoms with van der Waals surface area (Å²) in [6, 6.07) is 11.2. The number of nitrogens with zero attached hydrogens (tertiary/aromatic N) is 3. The van der Waals surface area contributed by atoms with Crippen LogP contribution in [-0.2, 0) is 43.1 Å². The maximum absolute atomic E-state index is 14.7. The topological polar surface area (TPSA) is 246 Å². The minimum absolute atomic E-state index is 0.0189. The first-order valence-corrected chi connectivity index (χ1v) is 26.1. The number of carbonyl (C=O) groups excluding carboxylic acids is 5. The maximum Gasteiger partial charge on any atom is 0.514 e. The SMILES string of the molecule is CCOc1cc(O[C@@H]2C[C@@H](C(=O)C[C@]3(C(=O)NS(=O)(=O)OC4(C)CC4)C[C@H]3CC)N(C(=O)[C@@H](CC(=O)OC3CCC3)C(C)(C)C)C2)c2cccc(Cl)c2n1.O=C(Oc1ccc([N+](=O)[O-])cc1)OC1CCC1. The number of hydrogen-bond acceptors (Lipinski definition) is 16. The van der Waals surface area contributed by atoms with Gasteiger partial charge in [0.15, 0.2) is 5.78 Å². The number of halogens is 1. The zero-order valence-electron chi connectivity index (χ0n) is 40.9. The number of rotatable bonds is 19. The Morgan fingerprint density at radius 3 is 2.20 bits per heavy atom. The lowest BCUT2D eigenvalue weighted by molar-refractivity contribution is -0.384. The number of nitro groups is 1. The molecule has 4 saturated carbocycles. The molecule has 386 valence electrons. The highest BCUT2D eigenvalue weighted by Crippen LogP contribution is 2.58. The summed E-state index contributed by atoms with van der Waals surface area (Å²) < 4.78 is 60.7. The number of nitrogens with one attached hydrogen (secondary N) is 1. The van der Waals surface area contributed by atoms with Gasteiger partial charge < -0.3 is 28.6 Å². The molecular weight excluding hydrogens is 964 g/mol. The number of fused-ring (bicyclic) bond motifs is 1. The highest BCUT2D eigenvalue weighted by Gasteiger charge is 2.62. The summed E-state index contributed by atoms with van der Waals surface area (Å²) in [5, 5.41) is 11.4. The third kappa shape index (κ3) is 13.3. The van der Waals surface area contributed by atoms with Gasteiger partial charge >= 0.3 is 22.4 Å². The Bertz CT molecular complexity index is 2610. The van der Waals surface area contributed by atoms with Crippen molar-refractivity contribution in [1.82, 2.24) is 14.6 Å². The van der Waals surface area contributed by atoms with Gasteiger partial charge in [0.1, 0.15) is 29.8 Å². The molecule has 0 radical (unpaired) electrons. The first-order chi connectivity index (χ1) is 33.5. The molecule has 8 rings (SSSR count). The molecule has 5 fully saturated rings. The summed E-state index contributed by atoms with van der Waals surface area (Å²) in [6.45, 7) is 11.3. The Balaban J connectivity index is 0.000000366. The number of para-hydroxylation sites is 1. The van der Waals surface area contributed by atoms with Crippen molar-refractivity contribution in [1.29, 1.82) is 0 Å². The normalized spacial score (nSPS) is 22.9. The Morgan fingerprint density at radius 1 is 0.972 bits per heavy atom. The molecule has 1 saturated heterocycles. The predicted octanol–water partition coefficient (Wildman–Crippen LogP) is 8.75. The van der Waals surface area contributed by atoms with Gasteiger partial charge in [-0.2, -0.15) is 8.42 Å². The van der Waals surface area contributed by atoms with E-state index in [2.05, 4.69) is 9.71 Å². The molecule has 2 aromatic carbocycles. The quantitative estimate of drug-likeness (QED) is 0.0510. The van der Waals surface area contributed by atoms with Crippen LogP contribution in [0.1, 0.15) is 125 Å². The van der Waals surface area contributed by atoms with Gasteiger partial charge in [-0.05, 0) is 107 Å². The number of amides is 2. The molecule has 0 bridgehead atoms. The second kappa shape index (κ2) is 21.6. The number of pyridine rings is 1. The second-order valence-corrected chi connectivity index (χ2v) is 22.2. The van der Waals surface area contributed by atoms with Gasteiger partial charge in [0.25, 0.3) is 5.69 Å². The van der Waals surface area contributed by atoms with Crippen molar-refractivity contribution in [2.75, 3.05) is 13.2 Å². The molecule has 5 aliphatic rings. The third-order valence-corrected chi connectivity index (χ3v) is 15.4. The summed E-state index contributed by atoms with van der Waals surface area (Å²) in [5.74, 6) is -2.16. The molecule has 1 aromatic heterocycles. The monoisotopic (exact) mass is 1030 g/mol. The number of aromatic nitrogens is 1. The van der Waals surface area contributed by atoms with Crippen LogP contribution < -0.4 is 18.9 Å². The third-order valence-electron chi connectivity index (χ3n) is 14.0. The standard InChI is InChI=1S/C39H52ClN3O10S.C11H11NO5/c1-7-23-20-39(23,36(47)42-54(48,49)53-38(6)15-16-38)21-30(44)29-17-25(51-31-19-32(50-8-2)41-34-26(31)13-10-14-28(34)40)22-43(29)35(46)27(37(3,4)5)18-33(45)52-24-11-9-12-24;13-11(16-9-2-1-3-9)17-10-6-4-8(5-7-10)12(14)15/h10,13-14,19,23-25,27,29H,7-9,11-12,15-18,20-22H2,1-6H3,(H,42,47);4-7,9H,1-3H2/t23-,25-,27-,29+,39-;/m1./s1. The van der Waals surface area contributed by atoms with E-state index in [1.165, 1.54) is 29.2 Å². The second-order valence-electron chi connectivity index (χ2n) is 20.5. The maximum atomic E-state index is 14.7. The van der Waals surface area contributed by atoms with Crippen LogP contribution >= 0.6 is 11.6 Å². The van der Waals surface area contributed by atoms with Gasteiger partial charge in [0.05, 0.1) is 58.0 Å². The Hall–Kier alpha value is -5.60. The number of ether oxygens (including phenoxy) is 5. The van der Waals surface area contributed by atoms with Crippen LogP contribution in [0.4, 0.5) is 10.5 Å². The van der Waals surface area contributed by atoms with E-state index in [9.17, 15) is 42.5 Å². The minimum atomic E-state index is -4.41. The lowest BCUT2D eigenvalue weighted by Crippen LogP contribution is -2.49. The Kier molecular flexibility index (Phi) is 16.2. The number of Topliss-reactive ketones (excluding diaryl/α,β-unsaturated/α-hetero) is 1. The van der Waals surface area contributed by atoms with Gasteiger partial charge in [0, 0.05) is 36.4 Å². The van der Waals surface area contributed by atoms with Crippen LogP contribution in [0.15, 0.2) is 48.5 Å². The molecule has 0 unspecified atom stereocenters. The van der Waals surface area contributed by atoms with Gasteiger partial charge in [0.2, 0.25) is 17.7 Å². The van der Waals surface area contributed by atoms with E-state index in [0.717, 1.165) is 38.5 Å². The molecule has 2 heterocycles. The highest BCUT2D eigenvalue weighted by molar-refractivity contribution is 7.85. The Morgan fingerprint density at radius 2 is 1.63 bits per heavy atom. The van der Waals surface area contributed by atoms with E-state index >= 15 is 0 Å². The van der Waals surface area contributed by atoms with Crippen LogP contribution in [0, 0.1) is 32.8 Å². The predicted molar refractivity (Wildman–Crippen MR) is 258 cm³/mol.